The summed E-state index contributed by atoms with van der Waals surface area (Å²) < 4.78 is 10.3. The van der Waals surface area contributed by atoms with Gasteiger partial charge < -0.3 is 13.9 Å². The topological polar surface area (TPSA) is 21.3 Å². The molecule has 2 aliphatic rings. The van der Waals surface area contributed by atoms with E-state index in [1.54, 1.807) is 11.3 Å². The Morgan fingerprint density at radius 1 is 0.517 bits per heavy atom. The average Bonchev–Trinajstić information content (AvgIpc) is 4.02. The van der Waals surface area contributed by atoms with Gasteiger partial charge in [0.2, 0.25) is 0 Å². The molecule has 7 aromatic carbocycles. The highest BCUT2D eigenvalue weighted by Gasteiger charge is 2.21. The van der Waals surface area contributed by atoms with Crippen molar-refractivity contribution in [1.82, 2.24) is 4.57 Å². The molecule has 10 aromatic rings. The van der Waals surface area contributed by atoms with E-state index in [0.717, 1.165) is 59.8 Å². The summed E-state index contributed by atoms with van der Waals surface area (Å²) in [5.74, 6) is 1.08. The summed E-state index contributed by atoms with van der Waals surface area (Å²) in [6.07, 6.45) is 15.5. The molecule has 0 spiro atoms. The fourth-order valence-electron chi connectivity index (χ4n) is 9.42. The Morgan fingerprint density at radius 2 is 1.18 bits per heavy atom. The van der Waals surface area contributed by atoms with Gasteiger partial charge in [-0.2, -0.15) is 0 Å². The second-order valence-corrected chi connectivity index (χ2v) is 16.8. The lowest BCUT2D eigenvalue weighted by atomic mass is 9.99. The number of aromatic nitrogens is 1. The lowest BCUT2D eigenvalue weighted by molar-refractivity contribution is 0.545. The minimum absolute atomic E-state index is 0.940. The summed E-state index contributed by atoms with van der Waals surface area (Å²) in [4.78, 5) is 2.37. The van der Waals surface area contributed by atoms with Crippen molar-refractivity contribution in [1.29, 1.82) is 0 Å². The number of para-hydroxylation sites is 2. The molecule has 12 rings (SSSR count). The molecule has 60 heavy (non-hydrogen) atoms. The molecule has 3 nitrogen and oxygen atoms in total. The van der Waals surface area contributed by atoms with E-state index in [4.69, 9.17) is 4.42 Å². The minimum atomic E-state index is 0.940. The van der Waals surface area contributed by atoms with Crippen LogP contribution < -0.4 is 4.90 Å². The summed E-state index contributed by atoms with van der Waals surface area (Å²) in [6, 6.07) is 58.0. The summed E-state index contributed by atoms with van der Waals surface area (Å²) in [6.45, 7) is 0. The number of rotatable bonds is 7. The van der Waals surface area contributed by atoms with Crippen LogP contribution in [-0.4, -0.2) is 4.57 Å². The molecule has 0 fully saturated rings. The van der Waals surface area contributed by atoms with E-state index in [-0.39, 0.29) is 0 Å². The van der Waals surface area contributed by atoms with Gasteiger partial charge in [-0.25, -0.2) is 0 Å². The van der Waals surface area contributed by atoms with Crippen LogP contribution in [0.25, 0.3) is 82.5 Å². The largest absolute Gasteiger partial charge is 0.458 e. The van der Waals surface area contributed by atoms with Crippen LogP contribution in [0.3, 0.4) is 0 Å². The molecule has 2 aliphatic carbocycles. The van der Waals surface area contributed by atoms with E-state index in [2.05, 4.69) is 203 Å². The number of furan rings is 1. The Labute approximate surface area is 353 Å². The average molecular weight is 789 g/mol. The summed E-state index contributed by atoms with van der Waals surface area (Å²) in [7, 11) is 0. The van der Waals surface area contributed by atoms with Crippen LogP contribution in [0, 0.1) is 0 Å². The zero-order chi connectivity index (χ0) is 39.6. The molecule has 0 N–H and O–H groups in total. The molecule has 0 amide bonds. The Bertz CT molecular complexity index is 3350. The van der Waals surface area contributed by atoms with Gasteiger partial charge in [0.15, 0.2) is 5.58 Å². The maximum absolute atomic E-state index is 6.62. The number of fused-ring (bicyclic) bond motifs is 7. The van der Waals surface area contributed by atoms with Crippen LogP contribution in [0.4, 0.5) is 17.1 Å². The fraction of sp³-hybridized carbons (Fsp3) is 0.0714. The molecular formula is C56H40N2OS. The minimum Gasteiger partial charge on any atom is -0.458 e. The van der Waals surface area contributed by atoms with Crippen molar-refractivity contribution in [2.45, 2.75) is 25.7 Å². The van der Waals surface area contributed by atoms with Crippen molar-refractivity contribution in [2.75, 3.05) is 4.90 Å². The van der Waals surface area contributed by atoms with E-state index >= 15 is 0 Å². The molecule has 0 unspecified atom stereocenters. The van der Waals surface area contributed by atoms with Crippen molar-refractivity contribution in [2.24, 2.45) is 0 Å². The van der Waals surface area contributed by atoms with Gasteiger partial charge in [0, 0.05) is 60.9 Å². The Morgan fingerprint density at radius 3 is 1.97 bits per heavy atom. The van der Waals surface area contributed by atoms with Crippen LogP contribution >= 0.6 is 11.3 Å². The first kappa shape index (κ1) is 34.9. The number of anilines is 3. The summed E-state index contributed by atoms with van der Waals surface area (Å²) in [5.41, 5.74) is 16.4. The zero-order valence-corrected chi connectivity index (χ0v) is 33.8. The number of nitrogens with zero attached hydrogens (tertiary/aromatic N) is 2. The molecule has 3 aromatic heterocycles. The normalized spacial score (nSPS) is 13.7. The van der Waals surface area contributed by atoms with Crippen LogP contribution in [0.2, 0.25) is 0 Å². The van der Waals surface area contributed by atoms with Crippen molar-refractivity contribution in [3.63, 3.8) is 0 Å². The molecule has 0 aliphatic heterocycles. The van der Waals surface area contributed by atoms with Gasteiger partial charge in [0.05, 0.1) is 16.7 Å². The van der Waals surface area contributed by atoms with Gasteiger partial charge in [-0.1, -0.05) is 121 Å². The summed E-state index contributed by atoms with van der Waals surface area (Å²) >= 11 is 1.80. The van der Waals surface area contributed by atoms with Gasteiger partial charge in [0.25, 0.3) is 0 Å². The Balaban J connectivity index is 0.928. The first-order valence-electron chi connectivity index (χ1n) is 20.9. The standard InChI is InChI=1S/C56H40N2OS/c1-2-11-37(12-3-1)38-21-28-42(29-22-38)57(44-32-25-40(26-33-44)50-36-60-55-20-9-6-15-47(50)55)43-30-23-39(24-31-43)41-27-34-52-49(35-41)45-13-4-7-17-51(45)58(52)53-18-10-16-48-46-14-5-8-19-54(46)59-56(48)53/h2,4-7,9-18,20-36H,1,3,8,19H2. The first-order chi connectivity index (χ1) is 29.7. The van der Waals surface area contributed by atoms with E-state index < -0.39 is 0 Å². The molecule has 0 radical (unpaired) electrons. The van der Waals surface area contributed by atoms with Crippen molar-refractivity contribution in [3.05, 3.63) is 204 Å². The van der Waals surface area contributed by atoms with E-state index in [0.29, 0.717) is 0 Å². The number of benzene rings is 7. The predicted octanol–water partition coefficient (Wildman–Crippen LogP) is 16.2. The molecule has 0 atom stereocenters. The SMILES string of the molecule is C1=CC(c2ccc(N(c3ccc(-c4ccc5c(c4)c4ccccc4n5-c4cccc5c6c(oc45)CCC=C6)cc3)c3ccc(-c4csc5ccccc45)cc3)cc2)=CCC1. The van der Waals surface area contributed by atoms with Gasteiger partial charge in [0.1, 0.15) is 5.76 Å². The van der Waals surface area contributed by atoms with Gasteiger partial charge in [-0.05, 0) is 119 Å². The molecule has 0 saturated carbocycles. The maximum Gasteiger partial charge on any atom is 0.158 e. The van der Waals surface area contributed by atoms with Crippen LogP contribution in [0.5, 0.6) is 0 Å². The van der Waals surface area contributed by atoms with Gasteiger partial charge >= 0.3 is 0 Å². The highest BCUT2D eigenvalue weighted by atomic mass is 32.1. The van der Waals surface area contributed by atoms with Gasteiger partial charge in [-0.15, -0.1) is 11.3 Å². The lowest BCUT2D eigenvalue weighted by Crippen LogP contribution is -2.10. The smallest absolute Gasteiger partial charge is 0.158 e. The van der Waals surface area contributed by atoms with E-state index in [1.165, 1.54) is 76.2 Å². The fourth-order valence-corrected chi connectivity index (χ4v) is 10.4. The van der Waals surface area contributed by atoms with Gasteiger partial charge in [-0.3, -0.25) is 0 Å². The zero-order valence-electron chi connectivity index (χ0n) is 33.0. The second kappa shape index (κ2) is 14.3. The highest BCUT2D eigenvalue weighted by molar-refractivity contribution is 7.17. The Kier molecular flexibility index (Phi) is 8.31. The van der Waals surface area contributed by atoms with Crippen LogP contribution in [-0.2, 0) is 6.42 Å². The second-order valence-electron chi connectivity index (χ2n) is 15.9. The Hall–Kier alpha value is -7.14. The van der Waals surface area contributed by atoms with Crippen molar-refractivity contribution in [3.8, 4) is 27.9 Å². The third-order valence-electron chi connectivity index (χ3n) is 12.4. The number of hydrogen-bond acceptors (Lipinski definition) is 3. The maximum atomic E-state index is 6.62. The number of aryl methyl sites for hydroxylation is 1. The highest BCUT2D eigenvalue weighted by Crippen LogP contribution is 2.42. The molecule has 0 saturated heterocycles. The third kappa shape index (κ3) is 5.78. The quantitative estimate of drug-likeness (QED) is 0.160. The number of allylic oxidation sites excluding steroid dienone is 5. The number of hydrogen-bond donors (Lipinski definition) is 0. The molecule has 286 valence electrons. The third-order valence-corrected chi connectivity index (χ3v) is 13.3. The lowest BCUT2D eigenvalue weighted by Gasteiger charge is -2.26. The number of thiophene rings is 1. The monoisotopic (exact) mass is 788 g/mol. The predicted molar refractivity (Wildman–Crippen MR) is 255 cm³/mol. The summed E-state index contributed by atoms with van der Waals surface area (Å²) in [5, 5.41) is 7.22. The van der Waals surface area contributed by atoms with Crippen molar-refractivity contribution >= 4 is 82.9 Å². The first-order valence-corrected chi connectivity index (χ1v) is 21.8. The molecular weight excluding hydrogens is 749 g/mol. The molecule has 3 heterocycles. The van der Waals surface area contributed by atoms with Crippen LogP contribution in [0.15, 0.2) is 192 Å². The molecule has 4 heteroatoms. The van der Waals surface area contributed by atoms with Crippen LogP contribution in [0.1, 0.15) is 36.1 Å². The molecule has 0 bridgehead atoms. The van der Waals surface area contributed by atoms with E-state index in [9.17, 15) is 0 Å². The van der Waals surface area contributed by atoms with E-state index in [1.807, 2.05) is 0 Å². The van der Waals surface area contributed by atoms with Crippen molar-refractivity contribution < 1.29 is 4.42 Å².